The standard InChI is InChI=1S/C29H21ClN2O4S/c30-24-13-3-4-14-25(24)31-27(33)18-36-22-11-5-7-19(15-22)16-26-28(34)32(29(35)37-26)17-21-10-6-9-20-8-1-2-12-23(20)21/h1-16H,17-18H2,(H,31,33)/b26-16-. The normalized spacial score (nSPS) is 14.4. The second-order valence-corrected chi connectivity index (χ2v) is 9.70. The van der Waals surface area contributed by atoms with Gasteiger partial charge < -0.3 is 10.1 Å². The lowest BCUT2D eigenvalue weighted by atomic mass is 10.0. The summed E-state index contributed by atoms with van der Waals surface area (Å²) in [5, 5.41) is 4.89. The quantitative estimate of drug-likeness (QED) is 0.269. The minimum atomic E-state index is -0.354. The van der Waals surface area contributed by atoms with Crippen LogP contribution in [0.5, 0.6) is 5.75 Å². The molecule has 5 rings (SSSR count). The van der Waals surface area contributed by atoms with Crippen molar-refractivity contribution in [2.75, 3.05) is 11.9 Å². The van der Waals surface area contributed by atoms with E-state index in [9.17, 15) is 14.4 Å². The highest BCUT2D eigenvalue weighted by Crippen LogP contribution is 2.34. The molecule has 4 aromatic rings. The van der Waals surface area contributed by atoms with Gasteiger partial charge in [0, 0.05) is 0 Å². The Bertz CT molecular complexity index is 1550. The number of hydrogen-bond donors (Lipinski definition) is 1. The molecule has 0 unspecified atom stereocenters. The molecule has 0 aliphatic carbocycles. The van der Waals surface area contributed by atoms with Crippen molar-refractivity contribution in [2.24, 2.45) is 0 Å². The van der Waals surface area contributed by atoms with Crippen molar-refractivity contribution in [3.8, 4) is 5.75 Å². The third-order valence-corrected chi connectivity index (χ3v) is 6.99. The molecule has 0 saturated carbocycles. The maximum atomic E-state index is 13.1. The fourth-order valence-corrected chi connectivity index (χ4v) is 5.00. The summed E-state index contributed by atoms with van der Waals surface area (Å²) in [6.07, 6.45) is 1.66. The van der Waals surface area contributed by atoms with Gasteiger partial charge in [-0.15, -0.1) is 0 Å². The Morgan fingerprint density at radius 1 is 0.946 bits per heavy atom. The summed E-state index contributed by atoms with van der Waals surface area (Å²) in [6.45, 7) is -0.0106. The highest BCUT2D eigenvalue weighted by atomic mass is 35.5. The van der Waals surface area contributed by atoms with Crippen LogP contribution in [0.25, 0.3) is 16.8 Å². The number of carbonyl (C=O) groups is 3. The number of ether oxygens (including phenoxy) is 1. The summed E-state index contributed by atoms with van der Waals surface area (Å²) >= 11 is 6.98. The molecule has 1 fully saturated rings. The molecule has 0 radical (unpaired) electrons. The van der Waals surface area contributed by atoms with Gasteiger partial charge in [-0.25, -0.2) is 0 Å². The maximum Gasteiger partial charge on any atom is 0.293 e. The summed E-state index contributed by atoms with van der Waals surface area (Å²) in [5.41, 5.74) is 2.09. The number of halogens is 1. The largest absolute Gasteiger partial charge is 0.484 e. The van der Waals surface area contributed by atoms with Crippen LogP contribution in [0, 0.1) is 0 Å². The minimum absolute atomic E-state index is 0.201. The van der Waals surface area contributed by atoms with Gasteiger partial charge in [-0.2, -0.15) is 0 Å². The summed E-state index contributed by atoms with van der Waals surface area (Å²) in [6, 6.07) is 27.7. The van der Waals surface area contributed by atoms with Gasteiger partial charge in [-0.3, -0.25) is 19.3 Å². The molecule has 1 aliphatic heterocycles. The molecule has 4 aromatic carbocycles. The highest BCUT2D eigenvalue weighted by molar-refractivity contribution is 8.18. The lowest BCUT2D eigenvalue weighted by Crippen LogP contribution is -2.27. The number of amides is 3. The van der Waals surface area contributed by atoms with Crippen LogP contribution in [0.2, 0.25) is 5.02 Å². The number of thioether (sulfide) groups is 1. The fourth-order valence-electron chi connectivity index (χ4n) is 3.98. The van der Waals surface area contributed by atoms with Crippen molar-refractivity contribution >= 4 is 63.0 Å². The van der Waals surface area contributed by atoms with Crippen molar-refractivity contribution < 1.29 is 19.1 Å². The number of rotatable bonds is 7. The first-order chi connectivity index (χ1) is 18.0. The van der Waals surface area contributed by atoms with Gasteiger partial charge in [0.05, 0.1) is 22.2 Å². The molecule has 0 aromatic heterocycles. The molecule has 0 atom stereocenters. The molecule has 1 saturated heterocycles. The van der Waals surface area contributed by atoms with Gasteiger partial charge in [0.15, 0.2) is 6.61 Å². The van der Waals surface area contributed by atoms with E-state index in [1.807, 2.05) is 42.5 Å². The van der Waals surface area contributed by atoms with Gasteiger partial charge in [-0.1, -0.05) is 78.3 Å². The van der Waals surface area contributed by atoms with Gasteiger partial charge in [-0.05, 0) is 64.0 Å². The third-order valence-electron chi connectivity index (χ3n) is 5.76. The average molecular weight is 529 g/mol. The van der Waals surface area contributed by atoms with E-state index < -0.39 is 0 Å². The fraction of sp³-hybridized carbons (Fsp3) is 0.0690. The number of imide groups is 1. The smallest absolute Gasteiger partial charge is 0.293 e. The van der Waals surface area contributed by atoms with Crippen LogP contribution in [0.1, 0.15) is 11.1 Å². The number of para-hydroxylation sites is 1. The topological polar surface area (TPSA) is 75.7 Å². The second kappa shape index (κ2) is 10.9. The molecule has 0 bridgehead atoms. The molecule has 1 aliphatic rings. The van der Waals surface area contributed by atoms with Crippen LogP contribution in [-0.2, 0) is 16.1 Å². The lowest BCUT2D eigenvalue weighted by Gasteiger charge is -2.14. The molecule has 1 N–H and O–H groups in total. The van der Waals surface area contributed by atoms with Crippen LogP contribution < -0.4 is 10.1 Å². The Morgan fingerprint density at radius 2 is 1.70 bits per heavy atom. The molecule has 0 spiro atoms. The number of benzene rings is 4. The molecule has 8 heteroatoms. The highest BCUT2D eigenvalue weighted by Gasteiger charge is 2.35. The van der Waals surface area contributed by atoms with E-state index in [2.05, 4.69) is 5.32 Å². The zero-order valence-electron chi connectivity index (χ0n) is 19.5. The lowest BCUT2D eigenvalue weighted by molar-refractivity contribution is -0.123. The molecule has 6 nitrogen and oxygen atoms in total. The Hall–Kier alpha value is -4.07. The first-order valence-corrected chi connectivity index (χ1v) is 12.7. The van der Waals surface area contributed by atoms with E-state index in [1.165, 1.54) is 4.90 Å². The van der Waals surface area contributed by atoms with Gasteiger partial charge in [0.2, 0.25) is 0 Å². The van der Waals surface area contributed by atoms with E-state index in [4.69, 9.17) is 16.3 Å². The molecule has 1 heterocycles. The molecule has 184 valence electrons. The second-order valence-electron chi connectivity index (χ2n) is 8.30. The van der Waals surface area contributed by atoms with Gasteiger partial charge in [0.1, 0.15) is 5.75 Å². The number of anilines is 1. The minimum Gasteiger partial charge on any atom is -0.484 e. The van der Waals surface area contributed by atoms with Gasteiger partial charge >= 0.3 is 0 Å². The molecule has 37 heavy (non-hydrogen) atoms. The van der Waals surface area contributed by atoms with E-state index >= 15 is 0 Å². The molecular weight excluding hydrogens is 508 g/mol. The van der Waals surface area contributed by atoms with E-state index in [0.717, 1.165) is 28.1 Å². The van der Waals surface area contributed by atoms with E-state index in [-0.39, 0.29) is 30.2 Å². The van der Waals surface area contributed by atoms with E-state index in [0.29, 0.717) is 26.9 Å². The number of fused-ring (bicyclic) bond motifs is 1. The number of carbonyl (C=O) groups excluding carboxylic acids is 3. The maximum absolute atomic E-state index is 13.1. The number of nitrogens with zero attached hydrogens (tertiary/aromatic N) is 1. The van der Waals surface area contributed by atoms with Gasteiger partial charge in [0.25, 0.3) is 17.1 Å². The van der Waals surface area contributed by atoms with Crippen LogP contribution in [0.15, 0.2) is 95.9 Å². The van der Waals surface area contributed by atoms with Crippen molar-refractivity contribution in [2.45, 2.75) is 6.54 Å². The average Bonchev–Trinajstić information content (AvgIpc) is 3.16. The van der Waals surface area contributed by atoms with Crippen LogP contribution in [0.4, 0.5) is 10.5 Å². The third kappa shape index (κ3) is 5.69. The Morgan fingerprint density at radius 3 is 2.57 bits per heavy atom. The van der Waals surface area contributed by atoms with E-state index in [1.54, 1.807) is 54.6 Å². The summed E-state index contributed by atoms with van der Waals surface area (Å²) in [5.74, 6) is -0.237. The number of nitrogens with one attached hydrogen (secondary N) is 1. The Kier molecular flexibility index (Phi) is 7.25. The van der Waals surface area contributed by atoms with Crippen molar-refractivity contribution in [3.63, 3.8) is 0 Å². The monoisotopic (exact) mass is 528 g/mol. The Balaban J connectivity index is 1.26. The zero-order chi connectivity index (χ0) is 25.8. The van der Waals surface area contributed by atoms with Crippen LogP contribution in [-0.4, -0.2) is 28.6 Å². The van der Waals surface area contributed by atoms with Crippen molar-refractivity contribution in [3.05, 3.63) is 112 Å². The first kappa shape index (κ1) is 24.6. The first-order valence-electron chi connectivity index (χ1n) is 11.5. The zero-order valence-corrected chi connectivity index (χ0v) is 21.1. The van der Waals surface area contributed by atoms with Crippen LogP contribution >= 0.6 is 23.4 Å². The van der Waals surface area contributed by atoms with Crippen molar-refractivity contribution in [1.29, 1.82) is 0 Å². The SMILES string of the molecule is O=C(COc1cccc(/C=C2\SC(=O)N(Cc3cccc4ccccc34)C2=O)c1)Nc1ccccc1Cl. The predicted molar refractivity (Wildman–Crippen MR) is 147 cm³/mol. The van der Waals surface area contributed by atoms with Crippen LogP contribution in [0.3, 0.4) is 0 Å². The molecular formula is C29H21ClN2O4S. The summed E-state index contributed by atoms with van der Waals surface area (Å²) < 4.78 is 5.62. The summed E-state index contributed by atoms with van der Waals surface area (Å²) in [7, 11) is 0. The van der Waals surface area contributed by atoms with Crippen molar-refractivity contribution in [1.82, 2.24) is 4.90 Å². The number of hydrogen-bond acceptors (Lipinski definition) is 5. The predicted octanol–water partition coefficient (Wildman–Crippen LogP) is 6.75. The molecule has 3 amide bonds. The Labute approximate surface area is 222 Å². The summed E-state index contributed by atoms with van der Waals surface area (Å²) in [4.78, 5) is 39.6.